The van der Waals surface area contributed by atoms with Gasteiger partial charge in [0.05, 0.1) is 18.9 Å². The summed E-state index contributed by atoms with van der Waals surface area (Å²) >= 11 is 0.182. The number of esters is 1. The maximum atomic E-state index is 12.0. The molecule has 25 heavy (non-hydrogen) atoms. The Morgan fingerprint density at radius 1 is 1.20 bits per heavy atom. The second kappa shape index (κ2) is 8.56. The smallest absolute Gasteiger partial charge is 0.339 e. The van der Waals surface area contributed by atoms with Crippen molar-refractivity contribution >= 4 is 35.3 Å². The highest BCUT2D eigenvalue weighted by Gasteiger charge is 2.25. The lowest BCUT2D eigenvalue weighted by molar-refractivity contribution is 0.0597. The van der Waals surface area contributed by atoms with E-state index in [1.165, 1.54) is 18.9 Å². The molecule has 0 saturated carbocycles. The van der Waals surface area contributed by atoms with E-state index in [-0.39, 0.29) is 10.7 Å². The second-order valence-electron chi connectivity index (χ2n) is 6.26. The van der Waals surface area contributed by atoms with Crippen LogP contribution in [0.2, 0.25) is 0 Å². The minimum absolute atomic E-state index is 0.360. The van der Waals surface area contributed by atoms with Crippen molar-refractivity contribution in [1.29, 1.82) is 0 Å². The summed E-state index contributed by atoms with van der Waals surface area (Å²) < 4.78 is 20.6. The van der Waals surface area contributed by atoms with Gasteiger partial charge in [-0.1, -0.05) is 40.4 Å². The van der Waals surface area contributed by atoms with Gasteiger partial charge in [0.2, 0.25) is 0 Å². The third-order valence-corrected chi connectivity index (χ3v) is 5.61. The molecule has 0 saturated heterocycles. The Hall–Kier alpha value is -1.76. The van der Waals surface area contributed by atoms with Crippen LogP contribution in [0, 0.1) is 0 Å². The lowest BCUT2D eigenvalue weighted by Gasteiger charge is -2.17. The van der Waals surface area contributed by atoms with Crippen molar-refractivity contribution < 1.29 is 14.1 Å². The molecule has 2 rings (SSSR count). The highest BCUT2D eigenvalue weighted by Crippen LogP contribution is 2.31. The fourth-order valence-corrected chi connectivity index (χ4v) is 3.42. The van der Waals surface area contributed by atoms with Gasteiger partial charge in [-0.05, 0) is 50.6 Å². The molecule has 0 heterocycles. The molecule has 0 aromatic heterocycles. The van der Waals surface area contributed by atoms with Crippen LogP contribution in [-0.2, 0) is 16.1 Å². The first kappa shape index (κ1) is 19.6. The van der Waals surface area contributed by atoms with Crippen molar-refractivity contribution in [2.75, 3.05) is 7.11 Å². The van der Waals surface area contributed by atoms with Gasteiger partial charge in [-0.2, -0.15) is 0 Å². The van der Waals surface area contributed by atoms with E-state index in [0.717, 1.165) is 15.4 Å². The number of carbonyl (C=O) groups excluding carboxylic acids is 1. The number of methoxy groups -OCH3 is 1. The highest BCUT2D eigenvalue weighted by atomic mass is 32.2. The quantitative estimate of drug-likeness (QED) is 0.438. The van der Waals surface area contributed by atoms with Gasteiger partial charge in [-0.25, -0.2) is 4.79 Å². The predicted octanol–water partition coefficient (Wildman–Crippen LogP) is 4.51. The Morgan fingerprint density at radius 2 is 1.92 bits per heavy atom. The monoisotopic (exact) mass is 375 g/mol. The van der Waals surface area contributed by atoms with Crippen LogP contribution in [0.15, 0.2) is 62.7 Å². The zero-order chi connectivity index (χ0) is 18.4. The van der Waals surface area contributed by atoms with Gasteiger partial charge < -0.3 is 9.29 Å². The SMILES string of the molecule is COC(=O)c1ccccc1Sc1cccc(C=N[S+]([O-])C(C)(C)C)c1. The largest absolute Gasteiger partial charge is 0.591 e. The summed E-state index contributed by atoms with van der Waals surface area (Å²) in [6, 6.07) is 15.0. The van der Waals surface area contributed by atoms with Crippen molar-refractivity contribution in [3.63, 3.8) is 0 Å². The van der Waals surface area contributed by atoms with Gasteiger partial charge in [0.15, 0.2) is 0 Å². The molecule has 2 aromatic rings. The zero-order valence-corrected chi connectivity index (χ0v) is 16.3. The highest BCUT2D eigenvalue weighted by molar-refractivity contribution is 7.99. The summed E-state index contributed by atoms with van der Waals surface area (Å²) in [6.07, 6.45) is 1.62. The molecule has 2 aromatic carbocycles. The van der Waals surface area contributed by atoms with Crippen LogP contribution < -0.4 is 0 Å². The van der Waals surface area contributed by atoms with Gasteiger partial charge in [0.25, 0.3) is 0 Å². The molecule has 0 aliphatic heterocycles. The summed E-state index contributed by atoms with van der Waals surface area (Å²) in [6.45, 7) is 5.66. The fourth-order valence-electron chi connectivity index (χ4n) is 1.89. The van der Waals surface area contributed by atoms with E-state index in [9.17, 15) is 9.35 Å². The van der Waals surface area contributed by atoms with Gasteiger partial charge >= 0.3 is 5.97 Å². The van der Waals surface area contributed by atoms with E-state index < -0.39 is 11.4 Å². The van der Waals surface area contributed by atoms with Gasteiger partial charge in [-0.15, -0.1) is 0 Å². The van der Waals surface area contributed by atoms with E-state index in [1.54, 1.807) is 18.3 Å². The predicted molar refractivity (Wildman–Crippen MR) is 104 cm³/mol. The molecule has 1 atom stereocenters. The summed E-state index contributed by atoms with van der Waals surface area (Å²) in [5.41, 5.74) is 1.39. The Bertz CT molecular complexity index is 769. The maximum absolute atomic E-state index is 12.0. The Balaban J connectivity index is 2.21. The summed E-state index contributed by atoms with van der Waals surface area (Å²) in [5.74, 6) is -0.360. The van der Waals surface area contributed by atoms with Crippen LogP contribution >= 0.6 is 11.8 Å². The molecule has 0 N–H and O–H groups in total. The maximum Gasteiger partial charge on any atom is 0.339 e. The number of rotatable bonds is 5. The number of nitrogens with zero attached hydrogens (tertiary/aromatic N) is 1. The molecular formula is C19H21NO3S2. The number of carbonyl (C=O) groups is 1. The molecule has 0 spiro atoms. The number of hydrogen-bond acceptors (Lipinski definition) is 5. The molecule has 4 nitrogen and oxygen atoms in total. The molecule has 1 unspecified atom stereocenters. The van der Waals surface area contributed by atoms with Crippen molar-refractivity contribution in [2.24, 2.45) is 4.40 Å². The molecule has 0 fully saturated rings. The number of hydrogen-bond donors (Lipinski definition) is 0. The minimum atomic E-state index is -1.29. The fraction of sp³-hybridized carbons (Fsp3) is 0.263. The molecular weight excluding hydrogens is 354 g/mol. The second-order valence-corrected chi connectivity index (χ2v) is 9.31. The Morgan fingerprint density at radius 3 is 2.60 bits per heavy atom. The van der Waals surface area contributed by atoms with Crippen molar-refractivity contribution in [1.82, 2.24) is 0 Å². The van der Waals surface area contributed by atoms with Gasteiger partial charge in [0, 0.05) is 9.79 Å². The lowest BCUT2D eigenvalue weighted by atomic mass is 10.2. The van der Waals surface area contributed by atoms with Crippen LogP contribution in [0.1, 0.15) is 36.7 Å². The Kier molecular flexibility index (Phi) is 6.70. The van der Waals surface area contributed by atoms with Crippen molar-refractivity contribution in [2.45, 2.75) is 35.3 Å². The van der Waals surface area contributed by atoms with E-state index in [1.807, 2.05) is 57.2 Å². The van der Waals surface area contributed by atoms with Crippen LogP contribution in [0.4, 0.5) is 0 Å². The Labute approximate surface area is 156 Å². The minimum Gasteiger partial charge on any atom is -0.591 e. The summed E-state index contributed by atoms with van der Waals surface area (Å²) in [7, 11) is 1.37. The topological polar surface area (TPSA) is 61.7 Å². The van der Waals surface area contributed by atoms with E-state index >= 15 is 0 Å². The van der Waals surface area contributed by atoms with Crippen LogP contribution in [0.25, 0.3) is 0 Å². The van der Waals surface area contributed by atoms with Crippen LogP contribution in [0.5, 0.6) is 0 Å². The molecule has 0 aliphatic rings. The molecule has 0 amide bonds. The molecule has 0 bridgehead atoms. The lowest BCUT2D eigenvalue weighted by Crippen LogP contribution is -2.25. The number of benzene rings is 2. The van der Waals surface area contributed by atoms with Crippen LogP contribution in [-0.4, -0.2) is 28.6 Å². The first-order chi connectivity index (χ1) is 11.8. The van der Waals surface area contributed by atoms with Gasteiger partial charge in [0.1, 0.15) is 16.1 Å². The average molecular weight is 376 g/mol. The van der Waals surface area contributed by atoms with Crippen molar-refractivity contribution in [3.05, 3.63) is 59.7 Å². The van der Waals surface area contributed by atoms with E-state index in [2.05, 4.69) is 4.40 Å². The molecule has 132 valence electrons. The van der Waals surface area contributed by atoms with Crippen LogP contribution in [0.3, 0.4) is 0 Å². The average Bonchev–Trinajstić information content (AvgIpc) is 2.59. The first-order valence-electron chi connectivity index (χ1n) is 7.72. The normalized spacial score (nSPS) is 13.0. The van der Waals surface area contributed by atoms with Crippen molar-refractivity contribution in [3.8, 4) is 0 Å². The third-order valence-electron chi connectivity index (χ3n) is 3.20. The standard InChI is InChI=1S/C19H21NO3S2/c1-19(2,3)25(22)20-13-14-8-7-9-15(12-14)24-17-11-6-5-10-16(17)18(21)23-4/h5-13H,1-4H3. The van der Waals surface area contributed by atoms with E-state index in [4.69, 9.17) is 4.74 Å². The van der Waals surface area contributed by atoms with E-state index in [0.29, 0.717) is 5.56 Å². The molecule has 0 aliphatic carbocycles. The number of ether oxygens (including phenoxy) is 1. The zero-order valence-electron chi connectivity index (χ0n) is 14.7. The summed E-state index contributed by atoms with van der Waals surface area (Å²) in [5, 5.41) is 0. The first-order valence-corrected chi connectivity index (χ1v) is 9.65. The molecule has 6 heteroatoms. The summed E-state index contributed by atoms with van der Waals surface area (Å²) in [4.78, 5) is 13.7. The molecule has 0 radical (unpaired) electrons. The van der Waals surface area contributed by atoms with Gasteiger partial charge in [-0.3, -0.25) is 0 Å². The third kappa shape index (κ3) is 5.63.